The third-order valence-electron chi connectivity index (χ3n) is 8.83. The fourth-order valence-electron chi connectivity index (χ4n) is 5.76. The molecule has 0 aliphatic heterocycles. The van der Waals surface area contributed by atoms with E-state index in [1.54, 1.807) is 6.08 Å². The molecule has 0 spiro atoms. The lowest BCUT2D eigenvalue weighted by Crippen LogP contribution is -2.46. The Morgan fingerprint density at radius 1 is 0.694 bits per heavy atom. The number of carbonyl (C=O) groups excluding carboxylic acids is 1. The van der Waals surface area contributed by atoms with Crippen molar-refractivity contribution in [1.29, 1.82) is 0 Å². The Hall–Kier alpha value is -1.06. The average molecular weight is 717 g/mol. The molecule has 0 saturated heterocycles. The van der Waals surface area contributed by atoms with E-state index in [0.717, 1.165) is 38.5 Å². The largest absolute Gasteiger partial charge is 0.472 e. The second kappa shape index (κ2) is 35.3. The molecule has 0 saturated carbocycles. The smallest absolute Gasteiger partial charge is 0.393 e. The molecule has 0 aromatic rings. The minimum atomic E-state index is -4.40. The third-order valence-corrected chi connectivity index (χ3v) is 9.81. The van der Waals surface area contributed by atoms with Gasteiger partial charge in [0.25, 0.3) is 0 Å². The predicted molar refractivity (Wildman–Crippen MR) is 204 cm³/mol. The van der Waals surface area contributed by atoms with E-state index in [9.17, 15) is 24.5 Å². The molecule has 0 bridgehead atoms. The highest BCUT2D eigenvalue weighted by atomic mass is 31.2. The van der Waals surface area contributed by atoms with Gasteiger partial charge in [-0.05, 0) is 44.9 Å². The Balaban J connectivity index is 4.43. The first-order valence-corrected chi connectivity index (χ1v) is 21.5. The van der Waals surface area contributed by atoms with Crippen LogP contribution in [0.15, 0.2) is 24.3 Å². The lowest BCUT2D eigenvalue weighted by atomic mass is 10.0. The Morgan fingerprint density at radius 3 is 1.63 bits per heavy atom. The molecule has 0 fully saturated rings. The average Bonchev–Trinajstić information content (AvgIpc) is 3.07. The van der Waals surface area contributed by atoms with E-state index in [1.807, 2.05) is 6.08 Å². The first kappa shape index (κ1) is 47.9. The van der Waals surface area contributed by atoms with Gasteiger partial charge in [0.15, 0.2) is 0 Å². The van der Waals surface area contributed by atoms with Gasteiger partial charge in [-0.2, -0.15) is 0 Å². The van der Waals surface area contributed by atoms with E-state index in [0.29, 0.717) is 6.42 Å². The van der Waals surface area contributed by atoms with Crippen molar-refractivity contribution >= 4 is 13.7 Å². The summed E-state index contributed by atoms with van der Waals surface area (Å²) in [6, 6.07) is -0.987. The summed E-state index contributed by atoms with van der Waals surface area (Å²) in [5.74, 6) is -0.463. The van der Waals surface area contributed by atoms with Gasteiger partial charge in [-0.1, -0.05) is 154 Å². The summed E-state index contributed by atoms with van der Waals surface area (Å²) in [4.78, 5) is 22.6. The highest BCUT2D eigenvalue weighted by Gasteiger charge is 2.27. The molecule has 1 amide bonds. The highest BCUT2D eigenvalue weighted by Crippen LogP contribution is 2.43. The minimum Gasteiger partial charge on any atom is -0.393 e. The summed E-state index contributed by atoms with van der Waals surface area (Å²) < 4.78 is 22.0. The molecule has 4 atom stereocenters. The summed E-state index contributed by atoms with van der Waals surface area (Å²) in [5, 5.41) is 23.9. The first-order chi connectivity index (χ1) is 23.8. The molecular weight excluding hydrogens is 639 g/mol. The number of phosphoric ester groups is 1. The van der Waals surface area contributed by atoms with Crippen LogP contribution in [0.1, 0.15) is 181 Å². The number of rotatable bonds is 37. The molecular formula is C39H77N2O7P. The van der Waals surface area contributed by atoms with E-state index in [1.165, 1.54) is 116 Å². The molecule has 10 heteroatoms. The molecule has 0 aromatic carbocycles. The number of aliphatic hydroxyl groups excluding tert-OH is 2. The van der Waals surface area contributed by atoms with Crippen LogP contribution in [0.25, 0.3) is 0 Å². The number of amides is 1. The number of hydrogen-bond acceptors (Lipinski definition) is 7. The lowest BCUT2D eigenvalue weighted by molar-refractivity contribution is -0.124. The Morgan fingerprint density at radius 2 is 1.14 bits per heavy atom. The monoisotopic (exact) mass is 717 g/mol. The van der Waals surface area contributed by atoms with E-state index in [2.05, 4.69) is 31.3 Å². The fourth-order valence-corrected chi connectivity index (χ4v) is 6.52. The van der Waals surface area contributed by atoms with Gasteiger partial charge in [-0.15, -0.1) is 0 Å². The maximum Gasteiger partial charge on any atom is 0.472 e. The van der Waals surface area contributed by atoms with E-state index in [-0.39, 0.29) is 19.6 Å². The molecule has 0 aromatic heterocycles. The highest BCUT2D eigenvalue weighted by molar-refractivity contribution is 7.47. The van der Waals surface area contributed by atoms with Crippen LogP contribution in [0.3, 0.4) is 0 Å². The summed E-state index contributed by atoms with van der Waals surface area (Å²) in [7, 11) is -4.40. The molecule has 0 heterocycles. The van der Waals surface area contributed by atoms with Crippen LogP contribution >= 0.6 is 7.82 Å². The van der Waals surface area contributed by atoms with Gasteiger partial charge in [-0.3, -0.25) is 13.8 Å². The second-order valence-electron chi connectivity index (χ2n) is 13.7. The van der Waals surface area contributed by atoms with Crippen LogP contribution in [-0.2, 0) is 18.4 Å². The van der Waals surface area contributed by atoms with Crippen LogP contribution in [0.5, 0.6) is 0 Å². The molecule has 49 heavy (non-hydrogen) atoms. The maximum atomic E-state index is 12.7. The SMILES string of the molecule is CCCCCCCC/C=C\CCCC(O)CC(=O)NC(COP(=O)(O)OCCN)C(O)/C=C/CCCCCCCCCCCCCCCC. The topological polar surface area (TPSA) is 151 Å². The fraction of sp³-hybridized carbons (Fsp3) is 0.872. The van der Waals surface area contributed by atoms with Crippen LogP contribution in [0.2, 0.25) is 0 Å². The van der Waals surface area contributed by atoms with Gasteiger partial charge in [0.2, 0.25) is 5.91 Å². The lowest BCUT2D eigenvalue weighted by Gasteiger charge is -2.24. The van der Waals surface area contributed by atoms with Gasteiger partial charge in [0.1, 0.15) is 0 Å². The van der Waals surface area contributed by atoms with Gasteiger partial charge in [0.05, 0.1) is 37.9 Å². The number of unbranched alkanes of at least 4 members (excludes halogenated alkanes) is 21. The quantitative estimate of drug-likeness (QED) is 0.0242. The van der Waals surface area contributed by atoms with Gasteiger partial charge >= 0.3 is 7.82 Å². The minimum absolute atomic E-state index is 0.0471. The summed E-state index contributed by atoms with van der Waals surface area (Å²) in [6.45, 7) is 3.93. The summed E-state index contributed by atoms with van der Waals surface area (Å²) in [5.41, 5.74) is 5.35. The van der Waals surface area contributed by atoms with Gasteiger partial charge in [0, 0.05) is 6.54 Å². The molecule has 0 aliphatic rings. The number of allylic oxidation sites excluding steroid dienone is 3. The van der Waals surface area contributed by atoms with Crippen LogP contribution in [0.4, 0.5) is 0 Å². The molecule has 290 valence electrons. The number of phosphoric acid groups is 1. The van der Waals surface area contributed by atoms with Crippen molar-refractivity contribution in [2.45, 2.75) is 199 Å². The van der Waals surface area contributed by atoms with Crippen molar-refractivity contribution in [3.8, 4) is 0 Å². The number of carbonyl (C=O) groups is 1. The molecule has 6 N–H and O–H groups in total. The van der Waals surface area contributed by atoms with Crippen LogP contribution < -0.4 is 11.1 Å². The molecule has 0 aliphatic carbocycles. The Kier molecular flexibility index (Phi) is 34.6. The number of nitrogens with one attached hydrogen (secondary N) is 1. The first-order valence-electron chi connectivity index (χ1n) is 20.0. The standard InChI is InChI=1S/C39H77N2O7P/c1-3-5-7-9-11-13-15-16-17-18-19-21-23-25-27-29-31-38(43)37(35-48-49(45,46)47-33-32-40)41-39(44)34-36(42)30-28-26-24-22-20-14-12-10-8-6-4-2/h22,24,29,31,36-38,42-43H,3-21,23,25-28,30,32-35,40H2,1-2H3,(H,41,44)(H,45,46)/b24-22-,31-29+. The number of nitrogens with two attached hydrogens (primary N) is 1. The molecule has 0 radical (unpaired) electrons. The molecule has 4 unspecified atom stereocenters. The molecule has 9 nitrogen and oxygen atoms in total. The predicted octanol–water partition coefficient (Wildman–Crippen LogP) is 9.58. The van der Waals surface area contributed by atoms with Crippen molar-refractivity contribution in [3.63, 3.8) is 0 Å². The van der Waals surface area contributed by atoms with Crippen molar-refractivity contribution in [2.75, 3.05) is 19.8 Å². The molecule has 0 rings (SSSR count). The van der Waals surface area contributed by atoms with Crippen molar-refractivity contribution in [2.24, 2.45) is 5.73 Å². The maximum absolute atomic E-state index is 12.7. The zero-order valence-corrected chi connectivity index (χ0v) is 32.4. The van der Waals surface area contributed by atoms with E-state index >= 15 is 0 Å². The Labute approximate surface area is 300 Å². The van der Waals surface area contributed by atoms with Gasteiger partial charge in [-0.25, -0.2) is 4.57 Å². The Bertz CT molecular complexity index is 842. The second-order valence-corrected chi connectivity index (χ2v) is 15.1. The summed E-state index contributed by atoms with van der Waals surface area (Å²) in [6.07, 6.45) is 35.5. The van der Waals surface area contributed by atoms with Gasteiger partial charge < -0.3 is 26.2 Å². The van der Waals surface area contributed by atoms with Crippen molar-refractivity contribution in [1.82, 2.24) is 5.32 Å². The van der Waals surface area contributed by atoms with E-state index < -0.39 is 38.6 Å². The normalized spacial score (nSPS) is 15.1. The zero-order valence-electron chi connectivity index (χ0n) is 31.5. The third kappa shape index (κ3) is 33.8. The zero-order chi connectivity index (χ0) is 36.3. The number of hydrogen-bond donors (Lipinski definition) is 5. The van der Waals surface area contributed by atoms with E-state index in [4.69, 9.17) is 14.8 Å². The van der Waals surface area contributed by atoms with Crippen LogP contribution in [0, 0.1) is 0 Å². The summed E-state index contributed by atoms with van der Waals surface area (Å²) >= 11 is 0. The van der Waals surface area contributed by atoms with Crippen molar-refractivity contribution in [3.05, 3.63) is 24.3 Å². The van der Waals surface area contributed by atoms with Crippen LogP contribution in [-0.4, -0.2) is 59.0 Å². The van der Waals surface area contributed by atoms with Crippen molar-refractivity contribution < 1.29 is 33.5 Å². The number of aliphatic hydroxyl groups is 2.